The number of pyridine rings is 1. The number of carbonyl (C=O) groups is 2. The number of benzene rings is 2. The fourth-order valence-corrected chi connectivity index (χ4v) is 5.61. The summed E-state index contributed by atoms with van der Waals surface area (Å²) in [6.07, 6.45) is 5.40. The van der Waals surface area contributed by atoms with Gasteiger partial charge in [-0.2, -0.15) is 0 Å². The van der Waals surface area contributed by atoms with E-state index in [-0.39, 0.29) is 40.7 Å². The van der Waals surface area contributed by atoms with E-state index >= 15 is 4.39 Å². The molecule has 41 heavy (non-hydrogen) atoms. The van der Waals surface area contributed by atoms with Crippen molar-refractivity contribution in [2.75, 3.05) is 31.6 Å². The second-order valence-electron chi connectivity index (χ2n) is 10.3. The van der Waals surface area contributed by atoms with Crippen LogP contribution in [0.25, 0.3) is 10.9 Å². The number of phenolic OH excluding ortho intramolecular Hbond substituents is 2. The Balaban J connectivity index is 0.000000274. The van der Waals surface area contributed by atoms with Crippen molar-refractivity contribution in [2.24, 2.45) is 5.92 Å². The topological polar surface area (TPSA) is 162 Å². The fraction of sp³-hybridized carbons (Fsp3) is 0.393. The number of hydrogen-bond acceptors (Lipinski definition) is 8. The van der Waals surface area contributed by atoms with Gasteiger partial charge in [0.2, 0.25) is 5.43 Å². The molecule has 2 aliphatic heterocycles. The van der Waals surface area contributed by atoms with Gasteiger partial charge >= 0.3 is 11.9 Å². The van der Waals surface area contributed by atoms with E-state index in [0.29, 0.717) is 35.5 Å². The van der Waals surface area contributed by atoms with Crippen molar-refractivity contribution in [3.05, 3.63) is 57.6 Å². The number of anilines is 1. The quantitative estimate of drug-likeness (QED) is 0.277. The summed E-state index contributed by atoms with van der Waals surface area (Å²) in [4.78, 5) is 36.6. The number of rotatable bonds is 5. The molecule has 13 heteroatoms. The summed E-state index contributed by atoms with van der Waals surface area (Å²) in [5, 5.41) is 39.0. The highest BCUT2D eigenvalue weighted by molar-refractivity contribution is 5.97. The third-order valence-electron chi connectivity index (χ3n) is 7.71. The molecule has 5 N–H and O–H groups in total. The molecule has 0 amide bonds. The highest BCUT2D eigenvalue weighted by Crippen LogP contribution is 2.45. The van der Waals surface area contributed by atoms with E-state index in [9.17, 15) is 19.5 Å². The number of nitrogens with zero attached hydrogens (tertiary/aromatic N) is 2. The van der Waals surface area contributed by atoms with Crippen molar-refractivity contribution in [1.29, 1.82) is 0 Å². The number of hydrogen-bond donors (Lipinski definition) is 5. The van der Waals surface area contributed by atoms with E-state index in [1.54, 1.807) is 4.57 Å². The third-order valence-corrected chi connectivity index (χ3v) is 7.71. The van der Waals surface area contributed by atoms with Gasteiger partial charge in [-0.3, -0.25) is 4.79 Å². The maximum atomic E-state index is 15.3. The van der Waals surface area contributed by atoms with Crippen LogP contribution in [0, 0.1) is 11.7 Å². The summed E-state index contributed by atoms with van der Waals surface area (Å²) in [5.74, 6) is -2.96. The first kappa shape index (κ1) is 29.9. The number of halogens is 2. The van der Waals surface area contributed by atoms with Crippen molar-refractivity contribution >= 4 is 40.9 Å². The largest absolute Gasteiger partial charge is 0.504 e. The van der Waals surface area contributed by atoms with Crippen LogP contribution in [0.2, 0.25) is 0 Å². The van der Waals surface area contributed by atoms with Gasteiger partial charge in [0.15, 0.2) is 23.1 Å². The molecule has 2 saturated heterocycles. The lowest BCUT2D eigenvalue weighted by molar-refractivity contribution is 0.0684. The van der Waals surface area contributed by atoms with Gasteiger partial charge in [0.05, 0.1) is 23.6 Å². The first-order chi connectivity index (χ1) is 19.1. The van der Waals surface area contributed by atoms with Gasteiger partial charge in [-0.15, -0.1) is 12.4 Å². The first-order valence-electron chi connectivity index (χ1n) is 13.0. The molecule has 1 aliphatic carbocycles. The Morgan fingerprint density at radius 3 is 2.37 bits per heavy atom. The minimum atomic E-state index is -1.30. The number of aromatic carboxylic acids is 2. The van der Waals surface area contributed by atoms with E-state index in [1.165, 1.54) is 25.4 Å². The number of aromatic hydroxyl groups is 2. The lowest BCUT2D eigenvalue weighted by Gasteiger charge is -2.25. The van der Waals surface area contributed by atoms with Crippen molar-refractivity contribution in [3.8, 4) is 17.2 Å². The van der Waals surface area contributed by atoms with E-state index in [2.05, 4.69) is 5.32 Å². The number of methoxy groups -OCH3 is 1. The Morgan fingerprint density at radius 1 is 1.05 bits per heavy atom. The molecule has 6 rings (SSSR count). The Bertz CT molecular complexity index is 1540. The molecular formula is C28H31ClFN3O8. The van der Waals surface area contributed by atoms with Crippen LogP contribution >= 0.6 is 12.4 Å². The zero-order chi connectivity index (χ0) is 28.7. The molecule has 1 aromatic heterocycles. The third kappa shape index (κ3) is 5.75. The predicted octanol–water partition coefficient (Wildman–Crippen LogP) is 3.59. The minimum Gasteiger partial charge on any atom is -0.504 e. The Kier molecular flexibility index (Phi) is 8.64. The van der Waals surface area contributed by atoms with Crippen LogP contribution in [0.4, 0.5) is 10.1 Å². The van der Waals surface area contributed by atoms with Gasteiger partial charge in [-0.05, 0) is 62.4 Å². The second kappa shape index (κ2) is 11.8. The van der Waals surface area contributed by atoms with Gasteiger partial charge in [0.1, 0.15) is 11.3 Å². The van der Waals surface area contributed by atoms with E-state index in [4.69, 9.17) is 20.1 Å². The molecule has 3 fully saturated rings. The second-order valence-corrected chi connectivity index (χ2v) is 10.3. The standard InChI is InChI=1S/C21H24FN3O4.C7H6O4.ClH/c1-29-20-17-13(19(26)14(21(27)28)9-25(17)12-4-5-12)7-15(22)18(20)24-8-11-3-2-6-23-16(11)10-24;8-5-2-1-4(7(10)11)3-6(5)9;/h7,9,11-12,16,23H,2-6,8,10H2,1H3,(H,27,28);1-3,8-9H,(H,10,11);1H/t11-,16+;;/m0../s1. The number of fused-ring (bicyclic) bond motifs is 2. The molecule has 3 heterocycles. The van der Waals surface area contributed by atoms with Gasteiger partial charge in [0, 0.05) is 31.4 Å². The van der Waals surface area contributed by atoms with E-state index < -0.39 is 28.9 Å². The van der Waals surface area contributed by atoms with Crippen LogP contribution in [0.5, 0.6) is 17.2 Å². The van der Waals surface area contributed by atoms with Crippen LogP contribution in [0.15, 0.2) is 35.3 Å². The van der Waals surface area contributed by atoms with Crippen LogP contribution < -0.4 is 20.4 Å². The maximum absolute atomic E-state index is 15.3. The van der Waals surface area contributed by atoms with Crippen LogP contribution in [-0.2, 0) is 0 Å². The maximum Gasteiger partial charge on any atom is 0.341 e. The number of ether oxygens (including phenoxy) is 1. The van der Waals surface area contributed by atoms with E-state index in [1.807, 2.05) is 4.90 Å². The molecule has 3 aromatic rings. The zero-order valence-corrected chi connectivity index (χ0v) is 23.0. The zero-order valence-electron chi connectivity index (χ0n) is 22.2. The smallest absolute Gasteiger partial charge is 0.341 e. The van der Waals surface area contributed by atoms with Crippen molar-refractivity contribution < 1.29 is 39.1 Å². The summed E-state index contributed by atoms with van der Waals surface area (Å²) in [6, 6.07) is 4.93. The van der Waals surface area contributed by atoms with Gasteiger partial charge in [-0.1, -0.05) is 0 Å². The molecule has 11 nitrogen and oxygen atoms in total. The molecule has 1 saturated carbocycles. The highest BCUT2D eigenvalue weighted by Gasteiger charge is 2.38. The molecule has 2 atom stereocenters. The molecule has 0 radical (unpaired) electrons. The molecule has 0 bridgehead atoms. The molecule has 0 spiro atoms. The molecule has 2 aromatic carbocycles. The SMILES string of the molecule is COc1c(N2C[C@@H]3CCCN[C@@H]3C2)c(F)cc2c(=O)c(C(=O)O)cn(C3CC3)c12.Cl.O=C(O)c1ccc(O)c(O)c1. The lowest BCUT2D eigenvalue weighted by Crippen LogP contribution is -2.40. The van der Waals surface area contributed by atoms with E-state index in [0.717, 1.165) is 50.9 Å². The van der Waals surface area contributed by atoms with Crippen LogP contribution in [0.3, 0.4) is 0 Å². The summed E-state index contributed by atoms with van der Waals surface area (Å²) < 4.78 is 22.8. The highest BCUT2D eigenvalue weighted by atomic mass is 35.5. The van der Waals surface area contributed by atoms with Gasteiger partial charge < -0.3 is 39.9 Å². The summed E-state index contributed by atoms with van der Waals surface area (Å²) in [5.41, 5.74) is -0.211. The molecule has 220 valence electrons. The summed E-state index contributed by atoms with van der Waals surface area (Å²) in [7, 11) is 1.48. The number of piperidine rings is 1. The summed E-state index contributed by atoms with van der Waals surface area (Å²) >= 11 is 0. The number of phenols is 2. The molecular weight excluding hydrogens is 561 g/mol. The monoisotopic (exact) mass is 591 g/mol. The van der Waals surface area contributed by atoms with Crippen molar-refractivity contribution in [1.82, 2.24) is 9.88 Å². The number of carboxylic acid groups (broad SMARTS) is 2. The van der Waals surface area contributed by atoms with Crippen molar-refractivity contribution in [3.63, 3.8) is 0 Å². The Hall–Kier alpha value is -4.03. The van der Waals surface area contributed by atoms with Crippen LogP contribution in [0.1, 0.15) is 52.4 Å². The fourth-order valence-electron chi connectivity index (χ4n) is 5.61. The minimum absolute atomic E-state index is 0. The van der Waals surface area contributed by atoms with Gasteiger partial charge in [-0.25, -0.2) is 14.0 Å². The summed E-state index contributed by atoms with van der Waals surface area (Å²) in [6.45, 7) is 2.40. The molecule has 3 aliphatic rings. The Morgan fingerprint density at radius 2 is 1.78 bits per heavy atom. The first-order valence-corrected chi connectivity index (χ1v) is 13.0. The normalized spacial score (nSPS) is 19.5. The van der Waals surface area contributed by atoms with Gasteiger partial charge in [0.25, 0.3) is 0 Å². The number of nitrogens with one attached hydrogen (secondary N) is 1. The lowest BCUT2D eigenvalue weighted by atomic mass is 9.94. The average molecular weight is 592 g/mol. The predicted molar refractivity (Wildman–Crippen MR) is 151 cm³/mol. The average Bonchev–Trinajstić information content (AvgIpc) is 3.68. The number of carboxylic acids is 2. The number of aromatic nitrogens is 1. The van der Waals surface area contributed by atoms with Crippen molar-refractivity contribution in [2.45, 2.75) is 37.8 Å². The molecule has 0 unspecified atom stereocenters. The van der Waals surface area contributed by atoms with Crippen LogP contribution in [-0.4, -0.2) is 69.7 Å². The Labute approximate surface area is 240 Å².